The zero-order valence-electron chi connectivity index (χ0n) is 9.79. The molecule has 0 aliphatic heterocycles. The number of thioether (sulfide) groups is 1. The predicted molar refractivity (Wildman–Crippen MR) is 67.3 cm³/mol. The summed E-state index contributed by atoms with van der Waals surface area (Å²) < 4.78 is 0. The van der Waals surface area contributed by atoms with E-state index in [1.165, 1.54) is 4.90 Å². The standard InChI is InChI=1S/C12H20N2S/c1-4-11(13-5-2)12-8-7-10(9-14-12)15-6-3/h7-9,11,13H,4-6H2,1-3H3. The van der Waals surface area contributed by atoms with Gasteiger partial charge in [-0.05, 0) is 30.9 Å². The minimum atomic E-state index is 0.399. The first-order valence-electron chi connectivity index (χ1n) is 5.63. The molecular weight excluding hydrogens is 204 g/mol. The zero-order chi connectivity index (χ0) is 11.1. The highest BCUT2D eigenvalue weighted by atomic mass is 32.2. The van der Waals surface area contributed by atoms with Crippen LogP contribution in [0.3, 0.4) is 0 Å². The highest BCUT2D eigenvalue weighted by molar-refractivity contribution is 7.99. The first kappa shape index (κ1) is 12.5. The maximum atomic E-state index is 4.50. The van der Waals surface area contributed by atoms with Crippen LogP contribution in [-0.4, -0.2) is 17.3 Å². The highest BCUT2D eigenvalue weighted by Gasteiger charge is 2.08. The van der Waals surface area contributed by atoms with Crippen LogP contribution in [0.1, 0.15) is 38.9 Å². The van der Waals surface area contributed by atoms with E-state index in [4.69, 9.17) is 0 Å². The molecule has 1 rings (SSSR count). The van der Waals surface area contributed by atoms with Gasteiger partial charge in [-0.15, -0.1) is 11.8 Å². The molecule has 1 atom stereocenters. The lowest BCUT2D eigenvalue weighted by atomic mass is 10.1. The second kappa shape index (κ2) is 6.85. The summed E-state index contributed by atoms with van der Waals surface area (Å²) in [6.07, 6.45) is 3.06. The summed E-state index contributed by atoms with van der Waals surface area (Å²) in [7, 11) is 0. The first-order valence-corrected chi connectivity index (χ1v) is 6.62. The Kier molecular flexibility index (Phi) is 5.73. The number of nitrogens with zero attached hydrogens (tertiary/aromatic N) is 1. The van der Waals surface area contributed by atoms with E-state index in [1.807, 2.05) is 18.0 Å². The molecule has 0 fully saturated rings. The van der Waals surface area contributed by atoms with Crippen molar-refractivity contribution in [3.8, 4) is 0 Å². The molecule has 0 radical (unpaired) electrons. The van der Waals surface area contributed by atoms with Crippen molar-refractivity contribution in [1.29, 1.82) is 0 Å². The summed E-state index contributed by atoms with van der Waals surface area (Å²) in [6.45, 7) is 7.46. The zero-order valence-corrected chi connectivity index (χ0v) is 10.6. The Hall–Kier alpha value is -0.540. The lowest BCUT2D eigenvalue weighted by molar-refractivity contribution is 0.524. The lowest BCUT2D eigenvalue weighted by Crippen LogP contribution is -2.20. The number of nitrogens with one attached hydrogen (secondary N) is 1. The van der Waals surface area contributed by atoms with Gasteiger partial charge in [-0.1, -0.05) is 20.8 Å². The van der Waals surface area contributed by atoms with Gasteiger partial charge in [0.15, 0.2) is 0 Å². The van der Waals surface area contributed by atoms with Gasteiger partial charge < -0.3 is 5.32 Å². The number of hydrogen-bond acceptors (Lipinski definition) is 3. The fourth-order valence-corrected chi connectivity index (χ4v) is 2.18. The minimum Gasteiger partial charge on any atom is -0.309 e. The average Bonchev–Trinajstić information content (AvgIpc) is 2.28. The van der Waals surface area contributed by atoms with Gasteiger partial charge in [0.1, 0.15) is 0 Å². The van der Waals surface area contributed by atoms with Crippen LogP contribution in [0.15, 0.2) is 23.2 Å². The van der Waals surface area contributed by atoms with Crippen LogP contribution in [0, 0.1) is 0 Å². The summed E-state index contributed by atoms with van der Waals surface area (Å²) >= 11 is 1.83. The molecule has 2 nitrogen and oxygen atoms in total. The van der Waals surface area contributed by atoms with E-state index < -0.39 is 0 Å². The highest BCUT2D eigenvalue weighted by Crippen LogP contribution is 2.19. The van der Waals surface area contributed by atoms with Crippen LogP contribution in [-0.2, 0) is 0 Å². The molecule has 0 spiro atoms. The van der Waals surface area contributed by atoms with E-state index in [0.29, 0.717) is 6.04 Å². The molecule has 1 aromatic heterocycles. The van der Waals surface area contributed by atoms with Crippen molar-refractivity contribution in [3.05, 3.63) is 24.0 Å². The van der Waals surface area contributed by atoms with Crippen molar-refractivity contribution in [1.82, 2.24) is 10.3 Å². The SMILES string of the molecule is CCNC(CC)c1ccc(SCC)cn1. The molecular formula is C12H20N2S. The molecule has 0 saturated heterocycles. The third-order valence-corrected chi connectivity index (χ3v) is 3.15. The van der Waals surface area contributed by atoms with E-state index >= 15 is 0 Å². The van der Waals surface area contributed by atoms with Gasteiger partial charge in [-0.25, -0.2) is 0 Å². The number of aromatic nitrogens is 1. The monoisotopic (exact) mass is 224 g/mol. The van der Waals surface area contributed by atoms with E-state index in [-0.39, 0.29) is 0 Å². The average molecular weight is 224 g/mol. The number of hydrogen-bond donors (Lipinski definition) is 1. The molecule has 0 amide bonds. The maximum Gasteiger partial charge on any atom is 0.0573 e. The normalized spacial score (nSPS) is 12.7. The summed E-state index contributed by atoms with van der Waals surface area (Å²) in [4.78, 5) is 5.76. The van der Waals surface area contributed by atoms with E-state index in [9.17, 15) is 0 Å². The van der Waals surface area contributed by atoms with E-state index in [1.54, 1.807) is 0 Å². The van der Waals surface area contributed by atoms with Gasteiger partial charge in [0, 0.05) is 17.1 Å². The second-order valence-electron chi connectivity index (χ2n) is 3.37. The summed E-state index contributed by atoms with van der Waals surface area (Å²) in [6, 6.07) is 4.70. The topological polar surface area (TPSA) is 24.9 Å². The molecule has 3 heteroatoms. The van der Waals surface area contributed by atoms with Gasteiger partial charge in [-0.2, -0.15) is 0 Å². The first-order chi connectivity index (χ1) is 7.31. The van der Waals surface area contributed by atoms with Crippen molar-refractivity contribution in [3.63, 3.8) is 0 Å². The van der Waals surface area contributed by atoms with Crippen molar-refractivity contribution in [2.75, 3.05) is 12.3 Å². The predicted octanol–water partition coefficient (Wildman–Crippen LogP) is 3.25. The largest absolute Gasteiger partial charge is 0.309 e. The van der Waals surface area contributed by atoms with Crippen LogP contribution in [0.4, 0.5) is 0 Å². The van der Waals surface area contributed by atoms with Crippen LogP contribution in [0.25, 0.3) is 0 Å². The van der Waals surface area contributed by atoms with Crippen LogP contribution >= 0.6 is 11.8 Å². The smallest absolute Gasteiger partial charge is 0.0573 e. The molecule has 0 aliphatic carbocycles. The maximum absolute atomic E-state index is 4.50. The van der Waals surface area contributed by atoms with Crippen molar-refractivity contribution in [2.24, 2.45) is 0 Å². The number of pyridine rings is 1. The molecule has 1 unspecified atom stereocenters. The van der Waals surface area contributed by atoms with Gasteiger partial charge in [0.05, 0.1) is 5.69 Å². The molecule has 1 N–H and O–H groups in total. The second-order valence-corrected chi connectivity index (χ2v) is 4.71. The molecule has 84 valence electrons. The Labute approximate surface area is 96.9 Å². The van der Waals surface area contributed by atoms with Crippen LogP contribution < -0.4 is 5.32 Å². The van der Waals surface area contributed by atoms with Crippen molar-refractivity contribution in [2.45, 2.75) is 38.1 Å². The Balaban J connectivity index is 2.68. The molecule has 1 heterocycles. The summed E-state index contributed by atoms with van der Waals surface area (Å²) in [5.41, 5.74) is 1.15. The fourth-order valence-electron chi connectivity index (χ4n) is 1.55. The van der Waals surface area contributed by atoms with Crippen LogP contribution in [0.2, 0.25) is 0 Å². The van der Waals surface area contributed by atoms with E-state index in [0.717, 1.165) is 24.4 Å². The van der Waals surface area contributed by atoms with Gasteiger partial charge in [0.25, 0.3) is 0 Å². The minimum absolute atomic E-state index is 0.399. The Bertz CT molecular complexity index is 271. The molecule has 0 aliphatic rings. The van der Waals surface area contributed by atoms with Crippen molar-refractivity contribution >= 4 is 11.8 Å². The Morgan fingerprint density at radius 3 is 2.60 bits per heavy atom. The molecule has 0 bridgehead atoms. The molecule has 0 aromatic carbocycles. The molecule has 15 heavy (non-hydrogen) atoms. The quantitative estimate of drug-likeness (QED) is 0.751. The lowest BCUT2D eigenvalue weighted by Gasteiger charge is -2.15. The third kappa shape index (κ3) is 3.84. The Morgan fingerprint density at radius 2 is 2.13 bits per heavy atom. The summed E-state index contributed by atoms with van der Waals surface area (Å²) in [5, 5.41) is 3.43. The van der Waals surface area contributed by atoms with Gasteiger partial charge in [-0.3, -0.25) is 4.98 Å². The summed E-state index contributed by atoms with van der Waals surface area (Å²) in [5.74, 6) is 1.10. The van der Waals surface area contributed by atoms with Gasteiger partial charge >= 0.3 is 0 Å². The third-order valence-electron chi connectivity index (χ3n) is 2.29. The fraction of sp³-hybridized carbons (Fsp3) is 0.583. The number of rotatable bonds is 6. The van der Waals surface area contributed by atoms with Gasteiger partial charge in [0.2, 0.25) is 0 Å². The molecule has 1 aromatic rings. The Morgan fingerprint density at radius 1 is 1.33 bits per heavy atom. The van der Waals surface area contributed by atoms with Crippen LogP contribution in [0.5, 0.6) is 0 Å². The molecule has 0 saturated carbocycles. The van der Waals surface area contributed by atoms with E-state index in [2.05, 4.69) is 43.2 Å². The van der Waals surface area contributed by atoms with Crippen molar-refractivity contribution < 1.29 is 0 Å².